The maximum atomic E-state index is 11.3. The minimum Gasteiger partial charge on any atom is -0.398 e. The first-order valence-corrected chi connectivity index (χ1v) is 4.98. The van der Waals surface area contributed by atoms with Crippen molar-refractivity contribution in [2.75, 3.05) is 5.73 Å². The number of rotatable bonds is 1. The maximum Gasteiger partial charge on any atom is 0.133 e. The minimum absolute atomic E-state index is 0.296. The summed E-state index contributed by atoms with van der Waals surface area (Å²) in [6, 6.07) is 1.80. The highest BCUT2D eigenvalue weighted by atomic mass is 16.1. The Morgan fingerprint density at radius 2 is 2.36 bits per heavy atom. The summed E-state index contributed by atoms with van der Waals surface area (Å²) in [5.41, 5.74) is 7.65. The van der Waals surface area contributed by atoms with Crippen molar-refractivity contribution >= 4 is 11.5 Å². The predicted octanol–water partition coefficient (Wildman–Crippen LogP) is 1.89. The van der Waals surface area contributed by atoms with Gasteiger partial charge in [-0.3, -0.25) is 9.78 Å². The van der Waals surface area contributed by atoms with Crippen molar-refractivity contribution in [1.82, 2.24) is 4.98 Å². The molecule has 0 bridgehead atoms. The Kier molecular flexibility index (Phi) is 2.48. The summed E-state index contributed by atoms with van der Waals surface area (Å²) < 4.78 is 0. The lowest BCUT2D eigenvalue weighted by Crippen LogP contribution is -2.14. The normalized spacial score (nSPS) is 22.3. The van der Waals surface area contributed by atoms with Crippen LogP contribution in [-0.2, 0) is 4.79 Å². The van der Waals surface area contributed by atoms with Crippen molar-refractivity contribution in [2.45, 2.75) is 31.6 Å². The van der Waals surface area contributed by atoms with Gasteiger partial charge in [-0.2, -0.15) is 0 Å². The molecule has 14 heavy (non-hydrogen) atoms. The Balaban J connectivity index is 2.22. The van der Waals surface area contributed by atoms with Gasteiger partial charge in [0.15, 0.2) is 0 Å². The molecule has 1 aliphatic carbocycles. The van der Waals surface area contributed by atoms with Gasteiger partial charge < -0.3 is 5.73 Å². The van der Waals surface area contributed by atoms with E-state index < -0.39 is 0 Å². The fraction of sp³-hybridized carbons (Fsp3) is 0.455. The molecule has 0 spiro atoms. The number of anilines is 1. The molecule has 1 unspecified atom stereocenters. The number of pyridine rings is 1. The average molecular weight is 190 g/mol. The number of Topliss-reactive ketones (excluding diaryl/α,β-unsaturated/α-hetero) is 1. The van der Waals surface area contributed by atoms with Gasteiger partial charge in [0.25, 0.3) is 0 Å². The summed E-state index contributed by atoms with van der Waals surface area (Å²) in [5.74, 6) is 0.648. The second-order valence-corrected chi connectivity index (χ2v) is 3.84. The van der Waals surface area contributed by atoms with Crippen LogP contribution in [0.15, 0.2) is 18.5 Å². The lowest BCUT2D eigenvalue weighted by Gasteiger charge is -2.21. The van der Waals surface area contributed by atoms with E-state index in [1.54, 1.807) is 18.5 Å². The summed E-state index contributed by atoms with van der Waals surface area (Å²) in [4.78, 5) is 15.4. The highest BCUT2D eigenvalue weighted by Gasteiger charge is 2.22. The third-order valence-electron chi connectivity index (χ3n) is 2.81. The average Bonchev–Trinajstić information content (AvgIpc) is 2.18. The van der Waals surface area contributed by atoms with Crippen molar-refractivity contribution in [3.8, 4) is 0 Å². The van der Waals surface area contributed by atoms with Crippen molar-refractivity contribution in [1.29, 1.82) is 0 Å². The quantitative estimate of drug-likeness (QED) is 0.735. The van der Waals surface area contributed by atoms with Gasteiger partial charge in [0.05, 0.1) is 0 Å². The maximum absolute atomic E-state index is 11.3. The summed E-state index contributed by atoms with van der Waals surface area (Å²) >= 11 is 0. The zero-order chi connectivity index (χ0) is 9.97. The van der Waals surface area contributed by atoms with Gasteiger partial charge >= 0.3 is 0 Å². The molecular formula is C11H14N2O. The van der Waals surface area contributed by atoms with E-state index in [2.05, 4.69) is 4.98 Å². The van der Waals surface area contributed by atoms with Crippen LogP contribution in [0.5, 0.6) is 0 Å². The van der Waals surface area contributed by atoms with Crippen LogP contribution in [0.1, 0.15) is 37.2 Å². The summed E-state index contributed by atoms with van der Waals surface area (Å²) in [5, 5.41) is 0. The Morgan fingerprint density at radius 1 is 1.50 bits per heavy atom. The molecule has 2 N–H and O–H groups in total. The number of nitrogens with two attached hydrogens (primary N) is 1. The number of carbonyl (C=O) groups is 1. The van der Waals surface area contributed by atoms with Crippen LogP contribution in [0.25, 0.3) is 0 Å². The summed E-state index contributed by atoms with van der Waals surface area (Å²) in [7, 11) is 0. The number of hydrogen-bond acceptors (Lipinski definition) is 3. The molecule has 1 fully saturated rings. The number of carbonyl (C=O) groups excluding carboxylic acids is 1. The largest absolute Gasteiger partial charge is 0.398 e. The first kappa shape index (κ1) is 9.19. The number of nitrogens with zero attached hydrogens (tertiary/aromatic N) is 1. The lowest BCUT2D eigenvalue weighted by molar-refractivity contribution is -0.120. The van der Waals surface area contributed by atoms with E-state index >= 15 is 0 Å². The van der Waals surface area contributed by atoms with Gasteiger partial charge in [-0.1, -0.05) is 0 Å². The van der Waals surface area contributed by atoms with Crippen LogP contribution in [0.2, 0.25) is 0 Å². The van der Waals surface area contributed by atoms with Crippen LogP contribution in [-0.4, -0.2) is 10.8 Å². The Hall–Kier alpha value is -1.38. The Morgan fingerprint density at radius 3 is 3.07 bits per heavy atom. The molecule has 0 saturated heterocycles. The highest BCUT2D eigenvalue weighted by molar-refractivity contribution is 5.80. The number of aromatic nitrogens is 1. The molecular weight excluding hydrogens is 176 g/mol. The molecule has 1 aromatic rings. The van der Waals surface area contributed by atoms with E-state index in [9.17, 15) is 4.79 Å². The Labute approximate surface area is 83.3 Å². The van der Waals surface area contributed by atoms with E-state index in [1.807, 2.05) is 0 Å². The molecule has 0 radical (unpaired) electrons. The fourth-order valence-electron chi connectivity index (χ4n) is 2.05. The first-order valence-electron chi connectivity index (χ1n) is 4.98. The van der Waals surface area contributed by atoms with Gasteiger partial charge in [0.2, 0.25) is 0 Å². The van der Waals surface area contributed by atoms with E-state index in [0.29, 0.717) is 18.1 Å². The van der Waals surface area contributed by atoms with Crippen LogP contribution >= 0.6 is 0 Å². The van der Waals surface area contributed by atoms with Gasteiger partial charge in [-0.15, -0.1) is 0 Å². The van der Waals surface area contributed by atoms with Crippen molar-refractivity contribution < 1.29 is 4.79 Å². The number of nitrogen functional groups attached to an aromatic ring is 1. The lowest BCUT2D eigenvalue weighted by atomic mass is 9.83. The fourth-order valence-corrected chi connectivity index (χ4v) is 2.05. The van der Waals surface area contributed by atoms with Gasteiger partial charge in [0.1, 0.15) is 5.78 Å². The molecule has 1 saturated carbocycles. The summed E-state index contributed by atoms with van der Waals surface area (Å²) in [6.45, 7) is 0. The molecule has 1 aromatic heterocycles. The topological polar surface area (TPSA) is 56.0 Å². The molecule has 1 aliphatic rings. The highest BCUT2D eigenvalue weighted by Crippen LogP contribution is 2.33. The van der Waals surface area contributed by atoms with Crippen molar-refractivity contribution in [3.05, 3.63) is 24.0 Å². The molecule has 2 rings (SSSR count). The van der Waals surface area contributed by atoms with Crippen molar-refractivity contribution in [3.63, 3.8) is 0 Å². The summed E-state index contributed by atoms with van der Waals surface area (Å²) in [6.07, 6.45) is 6.88. The molecule has 0 amide bonds. The van der Waals surface area contributed by atoms with E-state index in [1.165, 1.54) is 0 Å². The SMILES string of the molecule is Nc1ccncc1C1CCCC(=O)C1. The third kappa shape index (κ3) is 1.76. The molecule has 3 nitrogen and oxygen atoms in total. The smallest absolute Gasteiger partial charge is 0.133 e. The van der Waals surface area contributed by atoms with E-state index in [0.717, 1.165) is 30.5 Å². The Bertz CT molecular complexity index is 349. The van der Waals surface area contributed by atoms with E-state index in [-0.39, 0.29) is 0 Å². The standard InChI is InChI=1S/C11H14N2O/c12-11-4-5-13-7-10(11)8-2-1-3-9(14)6-8/h4-5,7-8H,1-3,6H2,(H2,12,13). The molecule has 3 heteroatoms. The zero-order valence-electron chi connectivity index (χ0n) is 8.07. The van der Waals surface area contributed by atoms with Crippen LogP contribution in [0.4, 0.5) is 5.69 Å². The van der Waals surface area contributed by atoms with Crippen LogP contribution in [0, 0.1) is 0 Å². The first-order chi connectivity index (χ1) is 6.77. The molecule has 0 aliphatic heterocycles. The van der Waals surface area contributed by atoms with Crippen molar-refractivity contribution in [2.24, 2.45) is 0 Å². The second-order valence-electron chi connectivity index (χ2n) is 3.84. The second kappa shape index (κ2) is 3.78. The van der Waals surface area contributed by atoms with E-state index in [4.69, 9.17) is 5.73 Å². The number of ketones is 1. The van der Waals surface area contributed by atoms with Gasteiger partial charge in [-0.05, 0) is 30.4 Å². The molecule has 1 heterocycles. The molecule has 74 valence electrons. The molecule has 1 atom stereocenters. The minimum atomic E-state index is 0.296. The molecule has 0 aromatic carbocycles. The van der Waals surface area contributed by atoms with Gasteiger partial charge in [0, 0.05) is 30.9 Å². The number of hydrogen-bond donors (Lipinski definition) is 1. The van der Waals surface area contributed by atoms with Crippen LogP contribution < -0.4 is 5.73 Å². The van der Waals surface area contributed by atoms with Crippen LogP contribution in [0.3, 0.4) is 0 Å². The monoisotopic (exact) mass is 190 g/mol. The zero-order valence-corrected chi connectivity index (χ0v) is 8.07. The third-order valence-corrected chi connectivity index (χ3v) is 2.81. The predicted molar refractivity (Wildman–Crippen MR) is 54.9 cm³/mol. The van der Waals surface area contributed by atoms with Gasteiger partial charge in [-0.25, -0.2) is 0 Å².